The molecule has 0 fully saturated rings. The van der Waals surface area contributed by atoms with Crippen LogP contribution in [0.4, 0.5) is 0 Å². The molecule has 3 nitrogen and oxygen atoms in total. The first-order valence-electron chi connectivity index (χ1n) is 11.4. The van der Waals surface area contributed by atoms with Crippen molar-refractivity contribution in [1.82, 2.24) is 4.90 Å². The van der Waals surface area contributed by atoms with Crippen molar-refractivity contribution >= 4 is 5.78 Å². The van der Waals surface area contributed by atoms with Crippen LogP contribution in [-0.4, -0.2) is 28.9 Å². The van der Waals surface area contributed by atoms with Gasteiger partial charge in [-0.05, 0) is 53.7 Å². The van der Waals surface area contributed by atoms with Crippen LogP contribution >= 0.6 is 0 Å². The third-order valence-corrected chi connectivity index (χ3v) is 5.73. The molecule has 0 amide bonds. The minimum Gasteiger partial charge on any atom is -0.396 e. The Morgan fingerprint density at radius 2 is 1.43 bits per heavy atom. The number of rotatable bonds is 8. The van der Waals surface area contributed by atoms with E-state index in [9.17, 15) is 4.79 Å². The Labute approximate surface area is 183 Å². The summed E-state index contributed by atoms with van der Waals surface area (Å²) in [6.07, 6.45) is 20.5. The molecule has 166 valence electrons. The van der Waals surface area contributed by atoms with Crippen LogP contribution in [0, 0.1) is 16.7 Å². The lowest BCUT2D eigenvalue weighted by atomic mass is 9.70. The molecule has 3 heteroatoms. The number of hydrogen-bond donors (Lipinski definition) is 1. The van der Waals surface area contributed by atoms with Gasteiger partial charge in [-0.3, -0.25) is 4.79 Å². The molecule has 0 spiro atoms. The van der Waals surface area contributed by atoms with E-state index in [1.165, 1.54) is 5.57 Å². The lowest BCUT2D eigenvalue weighted by molar-refractivity contribution is -0.114. The van der Waals surface area contributed by atoms with Gasteiger partial charge in [0.2, 0.25) is 0 Å². The molecule has 1 N–H and O–H groups in total. The third-order valence-electron chi connectivity index (χ3n) is 5.73. The molecule has 0 bridgehead atoms. The van der Waals surface area contributed by atoms with Crippen LogP contribution in [0.2, 0.25) is 0 Å². The molecule has 0 radical (unpaired) electrons. The van der Waals surface area contributed by atoms with Crippen LogP contribution in [-0.2, 0) is 4.79 Å². The molecule has 0 aromatic heterocycles. The highest BCUT2D eigenvalue weighted by atomic mass is 16.2. The van der Waals surface area contributed by atoms with Crippen molar-refractivity contribution in [2.24, 2.45) is 16.7 Å². The molecule has 1 aliphatic carbocycles. The number of unbranched alkanes of at least 4 members (excludes halogenated alkanes) is 3. The summed E-state index contributed by atoms with van der Waals surface area (Å²) in [5.41, 5.74) is 2.83. The molecule has 2 aliphatic rings. The van der Waals surface area contributed by atoms with Crippen LogP contribution in [0.5, 0.6) is 0 Å². The number of hydrogen-bond acceptors (Lipinski definition) is 3. The highest BCUT2D eigenvalue weighted by Gasteiger charge is 2.34. The Morgan fingerprint density at radius 3 is 1.93 bits per heavy atom. The quantitative estimate of drug-likeness (QED) is 0.474. The summed E-state index contributed by atoms with van der Waals surface area (Å²) in [6, 6.07) is 0. The van der Waals surface area contributed by atoms with Crippen molar-refractivity contribution in [2.75, 3.05) is 13.2 Å². The predicted molar refractivity (Wildman–Crippen MR) is 127 cm³/mol. The van der Waals surface area contributed by atoms with Crippen molar-refractivity contribution in [2.45, 2.75) is 73.6 Å². The Kier molecular flexibility index (Phi) is 8.49. The molecule has 0 saturated carbocycles. The lowest BCUT2D eigenvalue weighted by Crippen LogP contribution is -2.29. The van der Waals surface area contributed by atoms with Gasteiger partial charge in [0.15, 0.2) is 5.78 Å². The smallest absolute Gasteiger partial charge is 0.185 e. The predicted octanol–water partition coefficient (Wildman–Crippen LogP) is 6.34. The van der Waals surface area contributed by atoms with Crippen LogP contribution in [0.3, 0.4) is 0 Å². The topological polar surface area (TPSA) is 40.5 Å². The number of carbonyl (C=O) groups is 1. The second-order valence-corrected chi connectivity index (χ2v) is 10.6. The molecule has 30 heavy (non-hydrogen) atoms. The summed E-state index contributed by atoms with van der Waals surface area (Å²) in [6.45, 7) is 14.1. The van der Waals surface area contributed by atoms with Gasteiger partial charge in [0.05, 0.1) is 0 Å². The van der Waals surface area contributed by atoms with Gasteiger partial charge in [-0.15, -0.1) is 0 Å². The Balaban J connectivity index is 2.01. The molecular weight excluding hydrogens is 370 g/mol. The summed E-state index contributed by atoms with van der Waals surface area (Å²) in [5.74, 6) is 0.469. The van der Waals surface area contributed by atoms with Crippen molar-refractivity contribution < 1.29 is 9.90 Å². The van der Waals surface area contributed by atoms with Gasteiger partial charge in [0.1, 0.15) is 0 Å². The molecule has 1 aliphatic heterocycles. The molecule has 1 heterocycles. The Hall–Kier alpha value is -1.87. The van der Waals surface area contributed by atoms with E-state index >= 15 is 0 Å². The van der Waals surface area contributed by atoms with E-state index in [2.05, 4.69) is 89.2 Å². The van der Waals surface area contributed by atoms with Crippen LogP contribution in [0.1, 0.15) is 73.6 Å². The molecule has 0 aromatic rings. The number of carbonyl (C=O) groups excluding carboxylic acids is 1. The fraction of sp³-hybridized carbons (Fsp3) is 0.593. The average molecular weight is 412 g/mol. The first-order valence-corrected chi connectivity index (χ1v) is 11.4. The SMILES string of the molecule is CC(C)(C)C1=CC(CC=C2C=CN(CCCCCCO)C=C2)C=C(C(C)(C)C)C1=O. The van der Waals surface area contributed by atoms with Gasteiger partial charge in [-0.25, -0.2) is 0 Å². The van der Waals surface area contributed by atoms with Gasteiger partial charge in [0, 0.05) is 36.7 Å². The zero-order chi connectivity index (χ0) is 22.4. The molecule has 0 atom stereocenters. The largest absolute Gasteiger partial charge is 0.396 e. The van der Waals surface area contributed by atoms with Gasteiger partial charge < -0.3 is 10.0 Å². The van der Waals surface area contributed by atoms with Crippen molar-refractivity contribution in [3.8, 4) is 0 Å². The lowest BCUT2D eigenvalue weighted by Gasteiger charge is -2.33. The maximum absolute atomic E-state index is 13.1. The van der Waals surface area contributed by atoms with E-state index in [0.717, 1.165) is 49.8 Å². The van der Waals surface area contributed by atoms with Crippen molar-refractivity contribution in [3.63, 3.8) is 0 Å². The van der Waals surface area contributed by atoms with E-state index in [-0.39, 0.29) is 22.5 Å². The fourth-order valence-corrected chi connectivity index (χ4v) is 3.88. The first kappa shape index (κ1) is 24.4. The van der Waals surface area contributed by atoms with E-state index in [1.807, 2.05) is 0 Å². The summed E-state index contributed by atoms with van der Waals surface area (Å²) in [4.78, 5) is 15.3. The normalized spacial score (nSPS) is 18.0. The number of allylic oxidation sites excluding steroid dienone is 8. The minimum atomic E-state index is -0.143. The van der Waals surface area contributed by atoms with Gasteiger partial charge in [-0.2, -0.15) is 0 Å². The van der Waals surface area contributed by atoms with E-state index in [4.69, 9.17) is 5.11 Å². The summed E-state index contributed by atoms with van der Waals surface area (Å²) >= 11 is 0. The minimum absolute atomic E-state index is 0.143. The Morgan fingerprint density at radius 1 is 0.900 bits per heavy atom. The zero-order valence-electron chi connectivity index (χ0n) is 19.9. The molecular formula is C27H41NO2. The standard InChI is InChI=1S/C27H41NO2/c1-26(2,3)23-19-22(20-24(25(23)30)27(4,5)6)12-11-21-13-16-28(17-14-21)15-9-7-8-10-18-29/h11,13-14,16-17,19-20,22,29H,7-10,12,15,18H2,1-6H3. The number of Topliss-reactive ketones (excluding diaryl/α,β-unsaturated/α-hetero) is 1. The highest BCUT2D eigenvalue weighted by molar-refractivity contribution is 6.10. The van der Waals surface area contributed by atoms with Crippen molar-refractivity contribution in [1.29, 1.82) is 0 Å². The maximum atomic E-state index is 13.1. The number of nitrogens with zero attached hydrogens (tertiary/aromatic N) is 1. The second kappa shape index (κ2) is 10.4. The van der Waals surface area contributed by atoms with E-state index < -0.39 is 0 Å². The zero-order valence-corrected chi connectivity index (χ0v) is 19.9. The van der Waals surface area contributed by atoms with Gasteiger partial charge in [0.25, 0.3) is 0 Å². The third kappa shape index (κ3) is 7.12. The number of aliphatic hydroxyl groups excluding tert-OH is 1. The second-order valence-electron chi connectivity index (χ2n) is 10.6. The molecule has 2 rings (SSSR count). The van der Waals surface area contributed by atoms with Gasteiger partial charge in [-0.1, -0.05) is 72.6 Å². The Bertz CT molecular complexity index is 701. The van der Waals surface area contributed by atoms with E-state index in [0.29, 0.717) is 6.61 Å². The molecule has 0 saturated heterocycles. The number of aliphatic hydroxyl groups is 1. The fourth-order valence-electron chi connectivity index (χ4n) is 3.88. The molecule has 0 unspecified atom stereocenters. The highest BCUT2D eigenvalue weighted by Crippen LogP contribution is 2.39. The van der Waals surface area contributed by atoms with Gasteiger partial charge >= 0.3 is 0 Å². The van der Waals surface area contributed by atoms with Crippen LogP contribution in [0.25, 0.3) is 0 Å². The van der Waals surface area contributed by atoms with Crippen LogP contribution < -0.4 is 0 Å². The molecule has 0 aromatic carbocycles. The van der Waals surface area contributed by atoms with E-state index in [1.54, 1.807) is 0 Å². The maximum Gasteiger partial charge on any atom is 0.185 e. The average Bonchev–Trinajstić information content (AvgIpc) is 2.66. The summed E-state index contributed by atoms with van der Waals surface area (Å²) in [7, 11) is 0. The summed E-state index contributed by atoms with van der Waals surface area (Å²) in [5, 5.41) is 8.85. The first-order chi connectivity index (χ1) is 14.0. The van der Waals surface area contributed by atoms with Crippen LogP contribution in [0.15, 0.2) is 59.5 Å². The number of ketones is 1. The summed E-state index contributed by atoms with van der Waals surface area (Å²) < 4.78 is 0. The monoisotopic (exact) mass is 411 g/mol. The van der Waals surface area contributed by atoms with Crippen molar-refractivity contribution in [3.05, 3.63) is 59.5 Å².